The Bertz CT molecular complexity index is 591. The van der Waals surface area contributed by atoms with Crippen LogP contribution in [0.3, 0.4) is 0 Å². The third-order valence-corrected chi connectivity index (χ3v) is 5.48. The quantitative estimate of drug-likeness (QED) is 0.868. The van der Waals surface area contributed by atoms with E-state index in [9.17, 15) is 4.79 Å². The van der Waals surface area contributed by atoms with Crippen LogP contribution in [0.25, 0.3) is 0 Å². The van der Waals surface area contributed by atoms with Crippen LogP contribution in [-0.2, 0) is 13.1 Å². The Morgan fingerprint density at radius 1 is 1.42 bits per heavy atom. The molecule has 0 aliphatic rings. The average Bonchev–Trinajstić information content (AvgIpc) is 2.86. The maximum atomic E-state index is 10.9. The summed E-state index contributed by atoms with van der Waals surface area (Å²) < 4.78 is 1.11. The normalized spacial score (nSPS) is 11.2. The molecule has 0 radical (unpaired) electrons. The predicted octanol–water partition coefficient (Wildman–Crippen LogP) is 4.21. The van der Waals surface area contributed by atoms with Crippen molar-refractivity contribution in [3.05, 3.63) is 42.2 Å². The van der Waals surface area contributed by atoms with Crippen LogP contribution in [-0.4, -0.2) is 23.0 Å². The lowest BCUT2D eigenvalue weighted by Crippen LogP contribution is -2.16. The number of hydrogen-bond donors (Lipinski definition) is 1. The summed E-state index contributed by atoms with van der Waals surface area (Å²) in [5, 5.41) is 11.1. The molecule has 2 rings (SSSR count). The van der Waals surface area contributed by atoms with Crippen LogP contribution in [0.2, 0.25) is 0 Å². The average molecular weight is 360 g/mol. The molecule has 0 saturated carbocycles. The molecular formula is C13H14BrNO2S2. The summed E-state index contributed by atoms with van der Waals surface area (Å²) in [6.45, 7) is 3.61. The van der Waals surface area contributed by atoms with Gasteiger partial charge in [0.1, 0.15) is 4.88 Å². The molecule has 0 aromatic carbocycles. The van der Waals surface area contributed by atoms with Gasteiger partial charge in [0.15, 0.2) is 0 Å². The van der Waals surface area contributed by atoms with Crippen LogP contribution in [0.1, 0.15) is 25.0 Å². The lowest BCUT2D eigenvalue weighted by atomic mass is 10.2. The third kappa shape index (κ3) is 3.89. The number of nitrogens with zero attached hydrogens (tertiary/aromatic N) is 1. The number of hydrogen-bond acceptors (Lipinski definition) is 4. The van der Waals surface area contributed by atoms with Gasteiger partial charge in [-0.3, -0.25) is 4.90 Å². The maximum absolute atomic E-state index is 10.9. The van der Waals surface area contributed by atoms with Crippen molar-refractivity contribution in [3.8, 4) is 0 Å². The fourth-order valence-electron chi connectivity index (χ4n) is 1.83. The summed E-state index contributed by atoms with van der Waals surface area (Å²) in [4.78, 5) is 15.9. The summed E-state index contributed by atoms with van der Waals surface area (Å²) in [6, 6.07) is 3.90. The maximum Gasteiger partial charge on any atom is 0.345 e. The molecule has 1 N–H and O–H groups in total. The van der Waals surface area contributed by atoms with Crippen LogP contribution in [0.4, 0.5) is 0 Å². The van der Waals surface area contributed by atoms with E-state index in [-0.39, 0.29) is 0 Å². The predicted molar refractivity (Wildman–Crippen MR) is 83.2 cm³/mol. The van der Waals surface area contributed by atoms with Crippen molar-refractivity contribution in [2.75, 3.05) is 7.05 Å². The zero-order chi connectivity index (χ0) is 14.0. The van der Waals surface area contributed by atoms with E-state index in [2.05, 4.69) is 32.3 Å². The van der Waals surface area contributed by atoms with Gasteiger partial charge in [0, 0.05) is 32.7 Å². The Labute approximate surface area is 128 Å². The summed E-state index contributed by atoms with van der Waals surface area (Å²) in [7, 11) is 2.05. The summed E-state index contributed by atoms with van der Waals surface area (Å²) in [5.74, 6) is -0.843. The molecule has 0 unspecified atom stereocenters. The molecule has 0 saturated heterocycles. The Hall–Kier alpha value is -0.690. The van der Waals surface area contributed by atoms with E-state index in [0.717, 1.165) is 28.0 Å². The van der Waals surface area contributed by atoms with E-state index in [1.165, 1.54) is 16.2 Å². The first-order chi connectivity index (χ1) is 8.95. The highest BCUT2D eigenvalue weighted by atomic mass is 79.9. The van der Waals surface area contributed by atoms with Gasteiger partial charge in [0.2, 0.25) is 0 Å². The molecule has 0 fully saturated rings. The summed E-state index contributed by atoms with van der Waals surface area (Å²) in [6.07, 6.45) is 0. The first-order valence-corrected chi connectivity index (χ1v) is 8.18. The van der Waals surface area contributed by atoms with Crippen LogP contribution < -0.4 is 0 Å². The number of aryl methyl sites for hydroxylation is 1. The number of thiophene rings is 2. The molecule has 102 valence electrons. The van der Waals surface area contributed by atoms with Crippen molar-refractivity contribution in [2.45, 2.75) is 20.0 Å². The number of rotatable bonds is 5. The minimum Gasteiger partial charge on any atom is -0.477 e. The Kier molecular flexibility index (Phi) is 4.78. The van der Waals surface area contributed by atoms with E-state index in [4.69, 9.17) is 5.11 Å². The number of carboxylic acid groups (broad SMARTS) is 1. The first kappa shape index (κ1) is 14.7. The Balaban J connectivity index is 2.02. The van der Waals surface area contributed by atoms with Gasteiger partial charge in [-0.2, -0.15) is 0 Å². The fourth-order valence-corrected chi connectivity index (χ4v) is 4.23. The van der Waals surface area contributed by atoms with Crippen molar-refractivity contribution in [3.63, 3.8) is 0 Å². The SMILES string of the molecule is Cc1sc(C(=O)O)cc1CN(C)Cc1cc(Br)cs1. The molecule has 0 bridgehead atoms. The highest BCUT2D eigenvalue weighted by molar-refractivity contribution is 9.10. The van der Waals surface area contributed by atoms with Gasteiger partial charge in [-0.1, -0.05) is 0 Å². The van der Waals surface area contributed by atoms with Gasteiger partial charge >= 0.3 is 5.97 Å². The lowest BCUT2D eigenvalue weighted by molar-refractivity contribution is 0.0702. The van der Waals surface area contributed by atoms with E-state index in [1.807, 2.05) is 14.0 Å². The molecule has 3 nitrogen and oxygen atoms in total. The third-order valence-electron chi connectivity index (χ3n) is 2.72. The standard InChI is InChI=1S/C13H14BrNO2S2/c1-8-9(3-12(19-8)13(16)17)5-15(2)6-11-4-10(14)7-18-11/h3-4,7H,5-6H2,1-2H3,(H,16,17). The highest BCUT2D eigenvalue weighted by Gasteiger charge is 2.13. The van der Waals surface area contributed by atoms with E-state index in [0.29, 0.717) is 4.88 Å². The van der Waals surface area contributed by atoms with Gasteiger partial charge in [-0.25, -0.2) is 4.79 Å². The number of carboxylic acids is 1. The monoisotopic (exact) mass is 359 g/mol. The van der Waals surface area contributed by atoms with Crippen LogP contribution in [0, 0.1) is 6.92 Å². The largest absolute Gasteiger partial charge is 0.477 e. The van der Waals surface area contributed by atoms with Crippen LogP contribution in [0.5, 0.6) is 0 Å². The van der Waals surface area contributed by atoms with Gasteiger partial charge in [-0.05, 0) is 47.6 Å². The van der Waals surface area contributed by atoms with Crippen molar-refractivity contribution in [2.24, 2.45) is 0 Å². The lowest BCUT2D eigenvalue weighted by Gasteiger charge is -2.15. The number of aromatic carboxylic acids is 1. The summed E-state index contributed by atoms with van der Waals surface area (Å²) in [5.41, 5.74) is 1.10. The highest BCUT2D eigenvalue weighted by Crippen LogP contribution is 2.25. The molecule has 0 aliphatic heterocycles. The van der Waals surface area contributed by atoms with Crippen molar-refractivity contribution >= 4 is 44.6 Å². The van der Waals surface area contributed by atoms with Crippen LogP contribution >= 0.6 is 38.6 Å². The van der Waals surface area contributed by atoms with Gasteiger partial charge < -0.3 is 5.11 Å². The Morgan fingerprint density at radius 3 is 2.68 bits per heavy atom. The van der Waals surface area contributed by atoms with Gasteiger partial charge in [-0.15, -0.1) is 22.7 Å². The van der Waals surface area contributed by atoms with Crippen molar-refractivity contribution in [1.29, 1.82) is 0 Å². The minimum atomic E-state index is -0.843. The van der Waals surface area contributed by atoms with E-state index in [1.54, 1.807) is 17.4 Å². The minimum absolute atomic E-state index is 0.416. The number of carbonyl (C=O) groups is 1. The molecule has 2 aromatic heterocycles. The number of halogens is 1. The molecular weight excluding hydrogens is 346 g/mol. The molecule has 0 aliphatic carbocycles. The molecule has 6 heteroatoms. The molecule has 19 heavy (non-hydrogen) atoms. The Morgan fingerprint density at radius 2 is 2.16 bits per heavy atom. The second-order valence-corrected chi connectivity index (χ2v) is 7.57. The first-order valence-electron chi connectivity index (χ1n) is 5.69. The second kappa shape index (κ2) is 6.17. The smallest absolute Gasteiger partial charge is 0.345 e. The molecule has 0 spiro atoms. The molecule has 0 atom stereocenters. The zero-order valence-corrected chi connectivity index (χ0v) is 13.9. The molecule has 2 aromatic rings. The topological polar surface area (TPSA) is 40.5 Å². The van der Waals surface area contributed by atoms with Gasteiger partial charge in [0.25, 0.3) is 0 Å². The van der Waals surface area contributed by atoms with Crippen molar-refractivity contribution in [1.82, 2.24) is 4.90 Å². The fraction of sp³-hybridized carbons (Fsp3) is 0.308. The van der Waals surface area contributed by atoms with E-state index < -0.39 is 5.97 Å². The van der Waals surface area contributed by atoms with Gasteiger partial charge in [0.05, 0.1) is 0 Å². The van der Waals surface area contributed by atoms with Crippen LogP contribution in [0.15, 0.2) is 22.0 Å². The molecule has 0 amide bonds. The van der Waals surface area contributed by atoms with E-state index >= 15 is 0 Å². The van der Waals surface area contributed by atoms with Crippen molar-refractivity contribution < 1.29 is 9.90 Å². The zero-order valence-electron chi connectivity index (χ0n) is 10.6. The molecule has 2 heterocycles. The summed E-state index contributed by atoms with van der Waals surface area (Å²) >= 11 is 6.51. The second-order valence-electron chi connectivity index (χ2n) is 4.40.